The van der Waals surface area contributed by atoms with Gasteiger partial charge in [-0.25, -0.2) is 9.59 Å². The van der Waals surface area contributed by atoms with E-state index >= 15 is 0 Å². The lowest BCUT2D eigenvalue weighted by Crippen LogP contribution is -2.20. The molecular formula is C23H28N2O4S2. The summed E-state index contributed by atoms with van der Waals surface area (Å²) in [6.45, 7) is 3.62. The zero-order valence-corrected chi connectivity index (χ0v) is 19.7. The third-order valence-corrected chi connectivity index (χ3v) is 6.42. The Labute approximate surface area is 192 Å². The van der Waals surface area contributed by atoms with Crippen LogP contribution in [-0.4, -0.2) is 30.3 Å². The standard InChI is InChI=1S/C23H28N2O4S2/c1-14(2)29-21(26)15-10-12-16(13-11-15)24-23(30)25-20-19(22(27)28-3)17-8-6-4-5-7-9-18(17)31-20/h10-14H,4-9H2,1-3H3,(H2,24,25,30). The molecule has 0 unspecified atom stereocenters. The lowest BCUT2D eigenvalue weighted by molar-refractivity contribution is 0.0377. The molecule has 6 nitrogen and oxygen atoms in total. The highest BCUT2D eigenvalue weighted by molar-refractivity contribution is 7.80. The molecule has 1 aliphatic rings. The molecule has 31 heavy (non-hydrogen) atoms. The van der Waals surface area contributed by atoms with Crippen molar-refractivity contribution >= 4 is 51.3 Å². The van der Waals surface area contributed by atoms with E-state index in [-0.39, 0.29) is 18.0 Å². The summed E-state index contributed by atoms with van der Waals surface area (Å²) in [5.74, 6) is -0.697. The molecule has 2 N–H and O–H groups in total. The van der Waals surface area contributed by atoms with Gasteiger partial charge >= 0.3 is 11.9 Å². The lowest BCUT2D eigenvalue weighted by Gasteiger charge is -2.12. The van der Waals surface area contributed by atoms with Crippen LogP contribution in [0.5, 0.6) is 0 Å². The summed E-state index contributed by atoms with van der Waals surface area (Å²) in [5.41, 5.74) is 2.90. The summed E-state index contributed by atoms with van der Waals surface area (Å²) in [4.78, 5) is 25.7. The van der Waals surface area contributed by atoms with Crippen molar-refractivity contribution in [2.45, 2.75) is 58.5 Å². The molecule has 0 bridgehead atoms. The maximum Gasteiger partial charge on any atom is 0.341 e. The van der Waals surface area contributed by atoms with Crippen LogP contribution in [0.3, 0.4) is 0 Å². The Kier molecular flexibility index (Phi) is 8.03. The van der Waals surface area contributed by atoms with Gasteiger partial charge in [0.15, 0.2) is 5.11 Å². The predicted molar refractivity (Wildman–Crippen MR) is 128 cm³/mol. The van der Waals surface area contributed by atoms with E-state index in [0.29, 0.717) is 21.2 Å². The minimum atomic E-state index is -0.360. The lowest BCUT2D eigenvalue weighted by atomic mass is 9.96. The first-order valence-electron chi connectivity index (χ1n) is 10.5. The summed E-state index contributed by atoms with van der Waals surface area (Å²) >= 11 is 7.06. The van der Waals surface area contributed by atoms with Gasteiger partial charge < -0.3 is 20.1 Å². The van der Waals surface area contributed by atoms with E-state index < -0.39 is 0 Å². The van der Waals surface area contributed by atoms with Crippen molar-refractivity contribution in [1.82, 2.24) is 0 Å². The Bertz CT molecular complexity index is 951. The third kappa shape index (κ3) is 6.04. The molecule has 3 rings (SSSR count). The second-order valence-electron chi connectivity index (χ2n) is 7.72. The Morgan fingerprint density at radius 3 is 2.32 bits per heavy atom. The normalized spacial score (nSPS) is 13.5. The molecule has 0 amide bonds. The number of carbonyl (C=O) groups is 2. The molecule has 1 aromatic carbocycles. The first-order chi connectivity index (χ1) is 14.9. The summed E-state index contributed by atoms with van der Waals surface area (Å²) in [6, 6.07) is 6.90. The van der Waals surface area contributed by atoms with Crippen LogP contribution in [0.15, 0.2) is 24.3 Å². The Balaban J connectivity index is 1.73. The number of thiocarbonyl (C=S) groups is 1. The van der Waals surface area contributed by atoms with Crippen LogP contribution >= 0.6 is 23.6 Å². The van der Waals surface area contributed by atoms with E-state index in [9.17, 15) is 9.59 Å². The van der Waals surface area contributed by atoms with Gasteiger partial charge in [0.1, 0.15) is 5.00 Å². The van der Waals surface area contributed by atoms with Crippen LogP contribution in [0.1, 0.15) is 70.7 Å². The third-order valence-electron chi connectivity index (χ3n) is 5.01. The van der Waals surface area contributed by atoms with E-state index in [2.05, 4.69) is 10.6 Å². The van der Waals surface area contributed by atoms with Crippen LogP contribution in [0.2, 0.25) is 0 Å². The molecule has 8 heteroatoms. The number of ether oxygens (including phenoxy) is 2. The van der Waals surface area contributed by atoms with Crippen molar-refractivity contribution < 1.29 is 19.1 Å². The molecule has 1 aliphatic carbocycles. The van der Waals surface area contributed by atoms with Gasteiger partial charge in [-0.05, 0) is 81.6 Å². The van der Waals surface area contributed by atoms with Crippen LogP contribution in [-0.2, 0) is 22.3 Å². The molecule has 2 aromatic rings. The predicted octanol–water partition coefficient (Wildman–Crippen LogP) is 5.57. The highest BCUT2D eigenvalue weighted by Gasteiger charge is 2.25. The Morgan fingerprint density at radius 1 is 1.00 bits per heavy atom. The average molecular weight is 461 g/mol. The van der Waals surface area contributed by atoms with E-state index in [4.69, 9.17) is 21.7 Å². The second-order valence-corrected chi connectivity index (χ2v) is 9.24. The first-order valence-corrected chi connectivity index (χ1v) is 11.7. The average Bonchev–Trinajstić information content (AvgIpc) is 3.03. The summed E-state index contributed by atoms with van der Waals surface area (Å²) in [5, 5.41) is 7.38. The number of carbonyl (C=O) groups excluding carboxylic acids is 2. The van der Waals surface area contributed by atoms with E-state index in [1.54, 1.807) is 35.6 Å². The number of thiophene rings is 1. The number of esters is 2. The van der Waals surface area contributed by atoms with Gasteiger partial charge in [-0.3, -0.25) is 0 Å². The van der Waals surface area contributed by atoms with Crippen LogP contribution in [0.25, 0.3) is 0 Å². The van der Waals surface area contributed by atoms with Crippen molar-refractivity contribution in [3.05, 3.63) is 45.8 Å². The topological polar surface area (TPSA) is 76.7 Å². The van der Waals surface area contributed by atoms with Gasteiger partial charge in [-0.2, -0.15) is 0 Å². The van der Waals surface area contributed by atoms with E-state index in [0.717, 1.165) is 36.9 Å². The van der Waals surface area contributed by atoms with Crippen LogP contribution in [0.4, 0.5) is 10.7 Å². The maximum atomic E-state index is 12.5. The largest absolute Gasteiger partial charge is 0.465 e. The van der Waals surface area contributed by atoms with Crippen molar-refractivity contribution in [3.8, 4) is 0 Å². The Morgan fingerprint density at radius 2 is 1.68 bits per heavy atom. The van der Waals surface area contributed by atoms with Gasteiger partial charge in [0, 0.05) is 10.6 Å². The van der Waals surface area contributed by atoms with Gasteiger partial charge in [0.05, 0.1) is 24.3 Å². The number of anilines is 2. The minimum absolute atomic E-state index is 0.170. The number of rotatable bonds is 5. The molecule has 0 saturated heterocycles. The highest BCUT2D eigenvalue weighted by Crippen LogP contribution is 2.37. The fourth-order valence-corrected chi connectivity index (χ4v) is 5.13. The van der Waals surface area contributed by atoms with Crippen molar-refractivity contribution in [2.24, 2.45) is 0 Å². The molecule has 0 fully saturated rings. The summed E-state index contributed by atoms with van der Waals surface area (Å²) in [6.07, 6.45) is 6.28. The number of methoxy groups -OCH3 is 1. The molecule has 1 aromatic heterocycles. The number of nitrogens with one attached hydrogen (secondary N) is 2. The molecule has 0 saturated carbocycles. The summed E-state index contributed by atoms with van der Waals surface area (Å²) in [7, 11) is 1.40. The summed E-state index contributed by atoms with van der Waals surface area (Å²) < 4.78 is 10.3. The van der Waals surface area contributed by atoms with Crippen molar-refractivity contribution in [2.75, 3.05) is 17.7 Å². The molecule has 0 aliphatic heterocycles. The number of aryl methyl sites for hydroxylation is 1. The maximum absolute atomic E-state index is 12.5. The molecule has 0 atom stereocenters. The monoisotopic (exact) mass is 460 g/mol. The van der Waals surface area contributed by atoms with Gasteiger partial charge in [0.25, 0.3) is 0 Å². The van der Waals surface area contributed by atoms with Crippen molar-refractivity contribution in [1.29, 1.82) is 0 Å². The smallest absolute Gasteiger partial charge is 0.341 e. The molecule has 1 heterocycles. The van der Waals surface area contributed by atoms with E-state index in [1.165, 1.54) is 24.8 Å². The minimum Gasteiger partial charge on any atom is -0.465 e. The highest BCUT2D eigenvalue weighted by atomic mass is 32.1. The number of hydrogen-bond acceptors (Lipinski definition) is 6. The SMILES string of the molecule is COC(=O)c1c(NC(=S)Nc2ccc(C(=O)OC(C)C)cc2)sc2c1CCCCCC2. The number of benzene rings is 1. The Hall–Kier alpha value is -2.45. The van der Waals surface area contributed by atoms with E-state index in [1.807, 2.05) is 13.8 Å². The molecule has 0 spiro atoms. The van der Waals surface area contributed by atoms with Crippen LogP contribution < -0.4 is 10.6 Å². The zero-order chi connectivity index (χ0) is 22.4. The number of hydrogen-bond donors (Lipinski definition) is 2. The molecule has 166 valence electrons. The van der Waals surface area contributed by atoms with Gasteiger partial charge in [-0.1, -0.05) is 12.8 Å². The fraction of sp³-hybridized carbons (Fsp3) is 0.435. The van der Waals surface area contributed by atoms with Gasteiger partial charge in [-0.15, -0.1) is 11.3 Å². The second kappa shape index (κ2) is 10.7. The van der Waals surface area contributed by atoms with Gasteiger partial charge in [0.2, 0.25) is 0 Å². The quantitative estimate of drug-likeness (QED) is 0.446. The molecular weight excluding hydrogens is 432 g/mol. The number of fused-ring (bicyclic) bond motifs is 1. The van der Waals surface area contributed by atoms with Crippen LogP contribution in [0, 0.1) is 0 Å². The van der Waals surface area contributed by atoms with Crippen molar-refractivity contribution in [3.63, 3.8) is 0 Å². The molecule has 0 radical (unpaired) electrons. The first kappa shape index (κ1) is 23.2. The zero-order valence-electron chi connectivity index (χ0n) is 18.1. The fourth-order valence-electron chi connectivity index (χ4n) is 3.56.